The second-order valence-electron chi connectivity index (χ2n) is 8.08. The van der Waals surface area contributed by atoms with Gasteiger partial charge in [-0.2, -0.15) is 0 Å². The first-order valence-corrected chi connectivity index (χ1v) is 11.2. The van der Waals surface area contributed by atoms with Gasteiger partial charge in [-0.1, -0.05) is 60.7 Å². The zero-order valence-corrected chi connectivity index (χ0v) is 18.9. The van der Waals surface area contributed by atoms with Gasteiger partial charge in [0.05, 0.1) is 0 Å². The number of esters is 2. The Morgan fingerprint density at radius 2 is 1.41 bits per heavy atom. The van der Waals surface area contributed by atoms with Crippen molar-refractivity contribution in [1.29, 1.82) is 0 Å². The number of carbonyl (C=O) groups is 4. The molecule has 1 aliphatic rings. The van der Waals surface area contributed by atoms with Gasteiger partial charge < -0.3 is 20.5 Å². The van der Waals surface area contributed by atoms with Crippen molar-refractivity contribution < 1.29 is 28.7 Å². The van der Waals surface area contributed by atoms with E-state index in [-0.39, 0.29) is 32.1 Å². The van der Waals surface area contributed by atoms with E-state index >= 15 is 0 Å². The van der Waals surface area contributed by atoms with E-state index in [9.17, 15) is 19.2 Å². The number of likely N-dealkylation sites (tertiary alicyclic amines) is 1. The summed E-state index contributed by atoms with van der Waals surface area (Å²) in [6.45, 7) is 0.642. The number of nitrogens with zero attached hydrogens (tertiary/aromatic N) is 1. The molecule has 9 heteroatoms. The number of β-lactam (4-membered cyclic amide) rings is 1. The molecule has 0 aromatic heterocycles. The van der Waals surface area contributed by atoms with E-state index in [1.807, 2.05) is 36.4 Å². The van der Waals surface area contributed by atoms with Crippen LogP contribution in [-0.4, -0.2) is 47.4 Å². The third kappa shape index (κ3) is 6.64. The van der Waals surface area contributed by atoms with Gasteiger partial charge in [0.25, 0.3) is 0 Å². The SMILES string of the molecule is NC(CCCCNC(=O)N1CCC1=O)(C(=O)OCc1ccccc1)C(=O)OCc1ccccc1. The van der Waals surface area contributed by atoms with Gasteiger partial charge in [-0.15, -0.1) is 0 Å². The van der Waals surface area contributed by atoms with E-state index in [0.717, 1.165) is 16.0 Å². The van der Waals surface area contributed by atoms with Crippen molar-refractivity contribution >= 4 is 23.9 Å². The van der Waals surface area contributed by atoms with Crippen LogP contribution in [0.15, 0.2) is 60.7 Å². The smallest absolute Gasteiger partial charge is 0.338 e. The number of urea groups is 1. The third-order valence-electron chi connectivity index (χ3n) is 5.52. The fourth-order valence-corrected chi connectivity index (χ4v) is 3.34. The molecule has 1 aliphatic heterocycles. The quantitative estimate of drug-likeness (QED) is 0.225. The van der Waals surface area contributed by atoms with Crippen molar-refractivity contribution in [3.63, 3.8) is 0 Å². The summed E-state index contributed by atoms with van der Waals surface area (Å²) in [7, 11) is 0. The number of imide groups is 1. The lowest BCUT2D eigenvalue weighted by molar-refractivity contribution is -0.166. The number of nitrogens with one attached hydrogen (secondary N) is 1. The molecule has 34 heavy (non-hydrogen) atoms. The van der Waals surface area contributed by atoms with Crippen LogP contribution in [-0.2, 0) is 37.1 Å². The molecule has 0 aliphatic carbocycles. The van der Waals surface area contributed by atoms with Crippen molar-refractivity contribution in [2.24, 2.45) is 5.73 Å². The average Bonchev–Trinajstić information content (AvgIpc) is 2.85. The number of nitrogens with two attached hydrogens (primary N) is 1. The molecule has 1 saturated heterocycles. The van der Waals surface area contributed by atoms with Crippen molar-refractivity contribution in [1.82, 2.24) is 10.2 Å². The summed E-state index contributed by atoms with van der Waals surface area (Å²) < 4.78 is 10.7. The molecule has 0 atom stereocenters. The lowest BCUT2D eigenvalue weighted by Crippen LogP contribution is -2.56. The summed E-state index contributed by atoms with van der Waals surface area (Å²) in [6, 6.07) is 17.7. The number of unbranched alkanes of at least 4 members (excludes halogenated alkanes) is 1. The fraction of sp³-hybridized carbons (Fsp3) is 0.360. The summed E-state index contributed by atoms with van der Waals surface area (Å²) in [6.07, 6.45) is 1.16. The van der Waals surface area contributed by atoms with Gasteiger partial charge in [0.2, 0.25) is 11.4 Å². The Labute approximate surface area is 198 Å². The molecular formula is C25H29N3O6. The Kier molecular flexibility index (Phi) is 8.75. The normalized spacial score (nSPS) is 13.1. The molecule has 3 N–H and O–H groups in total. The summed E-state index contributed by atoms with van der Waals surface area (Å²) >= 11 is 0. The minimum atomic E-state index is -1.99. The number of carbonyl (C=O) groups excluding carboxylic acids is 4. The van der Waals surface area contributed by atoms with E-state index < -0.39 is 23.5 Å². The zero-order valence-electron chi connectivity index (χ0n) is 18.9. The largest absolute Gasteiger partial charge is 0.459 e. The molecule has 180 valence electrons. The second kappa shape index (κ2) is 11.9. The molecule has 3 amide bonds. The number of hydrogen-bond acceptors (Lipinski definition) is 7. The molecule has 0 bridgehead atoms. The lowest BCUT2D eigenvalue weighted by Gasteiger charge is -2.28. The Morgan fingerprint density at radius 3 is 1.85 bits per heavy atom. The summed E-state index contributed by atoms with van der Waals surface area (Å²) in [4.78, 5) is 50.1. The highest BCUT2D eigenvalue weighted by Crippen LogP contribution is 2.18. The van der Waals surface area contributed by atoms with Crippen molar-refractivity contribution in [3.8, 4) is 0 Å². The van der Waals surface area contributed by atoms with Crippen molar-refractivity contribution in [2.45, 2.75) is 44.4 Å². The average molecular weight is 468 g/mol. The van der Waals surface area contributed by atoms with E-state index in [0.29, 0.717) is 25.8 Å². The predicted octanol–water partition coefficient (Wildman–Crippen LogP) is 2.28. The van der Waals surface area contributed by atoms with Gasteiger partial charge >= 0.3 is 18.0 Å². The summed E-state index contributed by atoms with van der Waals surface area (Å²) in [5, 5.41) is 2.65. The standard InChI is InChI=1S/C25H29N3O6/c26-25(22(30)33-17-19-9-3-1-4-10-19,23(31)34-18-20-11-5-2-6-12-20)14-7-8-15-27-24(32)28-16-13-21(28)29/h1-6,9-12H,7-8,13-18,26H2,(H,27,32). The molecule has 1 heterocycles. The van der Waals surface area contributed by atoms with Gasteiger partial charge in [-0.05, 0) is 30.4 Å². The van der Waals surface area contributed by atoms with Crippen LogP contribution in [0.25, 0.3) is 0 Å². The number of amides is 3. The Hall–Kier alpha value is -3.72. The molecule has 2 aromatic rings. The van der Waals surface area contributed by atoms with Crippen LogP contribution in [0, 0.1) is 0 Å². The van der Waals surface area contributed by atoms with Crippen LogP contribution in [0.3, 0.4) is 0 Å². The molecule has 0 radical (unpaired) electrons. The fourth-order valence-electron chi connectivity index (χ4n) is 3.34. The van der Waals surface area contributed by atoms with Crippen molar-refractivity contribution in [2.75, 3.05) is 13.1 Å². The monoisotopic (exact) mass is 467 g/mol. The summed E-state index contributed by atoms with van der Waals surface area (Å²) in [5.41, 5.74) is 5.80. The van der Waals surface area contributed by atoms with Gasteiger partial charge in [0, 0.05) is 19.5 Å². The first-order chi connectivity index (χ1) is 16.4. The van der Waals surface area contributed by atoms with Crippen LogP contribution in [0.5, 0.6) is 0 Å². The number of rotatable bonds is 11. The highest BCUT2D eigenvalue weighted by molar-refractivity contribution is 6.04. The number of hydrogen-bond donors (Lipinski definition) is 2. The molecule has 0 saturated carbocycles. The Morgan fingerprint density at radius 1 is 0.882 bits per heavy atom. The maximum atomic E-state index is 12.9. The zero-order chi connectivity index (χ0) is 24.4. The van der Waals surface area contributed by atoms with Crippen LogP contribution in [0.2, 0.25) is 0 Å². The predicted molar refractivity (Wildman–Crippen MR) is 123 cm³/mol. The highest BCUT2D eigenvalue weighted by Gasteiger charge is 2.45. The van der Waals surface area contributed by atoms with Gasteiger partial charge in [0.15, 0.2) is 0 Å². The maximum absolute atomic E-state index is 12.9. The van der Waals surface area contributed by atoms with Crippen LogP contribution < -0.4 is 11.1 Å². The van der Waals surface area contributed by atoms with E-state index in [1.54, 1.807) is 24.3 Å². The first kappa shape index (κ1) is 24.9. The van der Waals surface area contributed by atoms with Crippen LogP contribution in [0.1, 0.15) is 36.8 Å². The Bertz CT molecular complexity index is 941. The summed E-state index contributed by atoms with van der Waals surface area (Å²) in [5.74, 6) is -1.95. The maximum Gasteiger partial charge on any atom is 0.338 e. The van der Waals surface area contributed by atoms with E-state index in [1.165, 1.54) is 0 Å². The second-order valence-corrected chi connectivity index (χ2v) is 8.08. The molecule has 3 rings (SSSR count). The Balaban J connectivity index is 1.55. The van der Waals surface area contributed by atoms with E-state index in [4.69, 9.17) is 15.2 Å². The topological polar surface area (TPSA) is 128 Å². The molecular weight excluding hydrogens is 438 g/mol. The molecule has 9 nitrogen and oxygen atoms in total. The highest BCUT2D eigenvalue weighted by atomic mass is 16.6. The molecule has 0 spiro atoms. The van der Waals surface area contributed by atoms with Gasteiger partial charge in [-0.3, -0.25) is 9.69 Å². The molecule has 0 unspecified atom stereocenters. The van der Waals surface area contributed by atoms with Crippen LogP contribution in [0.4, 0.5) is 4.79 Å². The first-order valence-electron chi connectivity index (χ1n) is 11.2. The number of benzene rings is 2. The van der Waals surface area contributed by atoms with Crippen molar-refractivity contribution in [3.05, 3.63) is 71.8 Å². The third-order valence-corrected chi connectivity index (χ3v) is 5.52. The lowest BCUT2D eigenvalue weighted by atomic mass is 9.93. The minimum absolute atomic E-state index is 0.0211. The van der Waals surface area contributed by atoms with Crippen LogP contribution >= 0.6 is 0 Å². The number of ether oxygens (including phenoxy) is 2. The van der Waals surface area contributed by atoms with Gasteiger partial charge in [0.1, 0.15) is 13.2 Å². The molecule has 1 fully saturated rings. The van der Waals surface area contributed by atoms with E-state index in [2.05, 4.69) is 5.32 Å². The molecule has 2 aromatic carbocycles. The van der Waals surface area contributed by atoms with Gasteiger partial charge in [-0.25, -0.2) is 14.4 Å². The minimum Gasteiger partial charge on any atom is -0.459 e.